The van der Waals surface area contributed by atoms with Crippen LogP contribution >= 0.6 is 0 Å². The van der Waals surface area contributed by atoms with Gasteiger partial charge in [0, 0.05) is 11.8 Å². The number of aliphatic hydroxyl groups excluding tert-OH is 1. The fourth-order valence-electron chi connectivity index (χ4n) is 1.18. The summed E-state index contributed by atoms with van der Waals surface area (Å²) in [7, 11) is 0. The van der Waals surface area contributed by atoms with E-state index in [4.69, 9.17) is 15.9 Å². The Morgan fingerprint density at radius 1 is 1.44 bits per heavy atom. The molecule has 1 atom stereocenters. The lowest BCUT2D eigenvalue weighted by Crippen LogP contribution is -2.35. The van der Waals surface area contributed by atoms with Crippen molar-refractivity contribution in [3.63, 3.8) is 0 Å². The van der Waals surface area contributed by atoms with Crippen LogP contribution in [0.1, 0.15) is 5.56 Å². The number of carbonyl (C=O) groups is 2. The first-order valence-corrected chi connectivity index (χ1v) is 5.21. The van der Waals surface area contributed by atoms with Crippen molar-refractivity contribution in [1.29, 1.82) is 0 Å². The van der Waals surface area contributed by atoms with Crippen molar-refractivity contribution >= 4 is 23.6 Å². The molecule has 1 rings (SSSR count). The number of hydrogen-bond donors (Lipinski definition) is 4. The predicted molar refractivity (Wildman–Crippen MR) is 66.5 cm³/mol. The third-order valence-corrected chi connectivity index (χ3v) is 2.09. The van der Waals surface area contributed by atoms with E-state index in [1.807, 2.05) is 0 Å². The molecule has 0 aliphatic heterocycles. The molecule has 5 N–H and O–H groups in total. The minimum atomic E-state index is -1.60. The first kappa shape index (κ1) is 13.7. The number of carboxylic acid groups (broad SMARTS) is 1. The molecule has 6 heteroatoms. The molecule has 0 bridgehead atoms. The number of carbonyl (C=O) groups excluding carboxylic acids is 1. The van der Waals surface area contributed by atoms with Gasteiger partial charge in [0.15, 0.2) is 6.10 Å². The molecule has 0 aliphatic carbocycles. The van der Waals surface area contributed by atoms with Crippen LogP contribution < -0.4 is 11.1 Å². The summed E-state index contributed by atoms with van der Waals surface area (Å²) in [6.45, 7) is -0.338. The Hall–Kier alpha value is -2.34. The first-order chi connectivity index (χ1) is 8.49. The highest BCUT2D eigenvalue weighted by molar-refractivity contribution is 5.92. The van der Waals surface area contributed by atoms with Crippen molar-refractivity contribution in [2.45, 2.75) is 6.10 Å². The number of benzene rings is 1. The fourth-order valence-corrected chi connectivity index (χ4v) is 1.18. The van der Waals surface area contributed by atoms with Gasteiger partial charge in [0.05, 0.1) is 6.54 Å². The van der Waals surface area contributed by atoms with Crippen molar-refractivity contribution in [1.82, 2.24) is 5.32 Å². The van der Waals surface area contributed by atoms with E-state index in [1.165, 1.54) is 6.08 Å². The van der Waals surface area contributed by atoms with E-state index in [0.29, 0.717) is 5.69 Å². The third-order valence-electron chi connectivity index (χ3n) is 2.09. The highest BCUT2D eigenvalue weighted by Gasteiger charge is 2.12. The van der Waals surface area contributed by atoms with Crippen molar-refractivity contribution in [3.05, 3.63) is 35.9 Å². The van der Waals surface area contributed by atoms with Gasteiger partial charge in [-0.15, -0.1) is 0 Å². The second-order valence-electron chi connectivity index (χ2n) is 3.60. The number of aliphatic carboxylic acids is 1. The number of anilines is 1. The number of nitrogens with two attached hydrogens (primary N) is 1. The van der Waals surface area contributed by atoms with Gasteiger partial charge >= 0.3 is 5.97 Å². The molecular formula is C12H14N2O4. The quantitative estimate of drug-likeness (QED) is 0.428. The van der Waals surface area contributed by atoms with Gasteiger partial charge in [-0.25, -0.2) is 4.79 Å². The summed E-state index contributed by atoms with van der Waals surface area (Å²) in [5, 5.41) is 19.6. The maximum Gasteiger partial charge on any atom is 0.334 e. The van der Waals surface area contributed by atoms with Crippen molar-refractivity contribution < 1.29 is 19.8 Å². The van der Waals surface area contributed by atoms with Crippen LogP contribution in [0.2, 0.25) is 0 Å². The monoisotopic (exact) mass is 250 g/mol. The predicted octanol–water partition coefficient (Wildman–Crippen LogP) is -0.156. The molecule has 0 aliphatic rings. The maximum atomic E-state index is 11.3. The van der Waals surface area contributed by atoms with Crippen LogP contribution in [0.3, 0.4) is 0 Å². The van der Waals surface area contributed by atoms with E-state index in [1.54, 1.807) is 30.3 Å². The molecule has 18 heavy (non-hydrogen) atoms. The highest BCUT2D eigenvalue weighted by Crippen LogP contribution is 2.07. The molecule has 0 unspecified atom stereocenters. The lowest BCUT2D eigenvalue weighted by Gasteiger charge is -2.05. The van der Waals surface area contributed by atoms with Gasteiger partial charge in [0.2, 0.25) is 5.91 Å². The number of nitrogen functional groups attached to an aromatic ring is 1. The van der Waals surface area contributed by atoms with Crippen LogP contribution in [-0.4, -0.2) is 34.7 Å². The molecule has 0 fully saturated rings. The second kappa shape index (κ2) is 6.41. The third kappa shape index (κ3) is 4.67. The molecule has 0 radical (unpaired) electrons. The summed E-state index contributed by atoms with van der Waals surface area (Å²) in [6.07, 6.45) is 1.18. The maximum absolute atomic E-state index is 11.3. The number of aliphatic hydroxyl groups is 1. The van der Waals surface area contributed by atoms with E-state index >= 15 is 0 Å². The fraction of sp³-hybridized carbons (Fsp3) is 0.167. The summed E-state index contributed by atoms with van der Waals surface area (Å²) < 4.78 is 0. The number of nitrogens with one attached hydrogen (secondary N) is 1. The molecular weight excluding hydrogens is 236 g/mol. The van der Waals surface area contributed by atoms with Gasteiger partial charge in [-0.3, -0.25) is 4.79 Å². The smallest absolute Gasteiger partial charge is 0.334 e. The second-order valence-corrected chi connectivity index (χ2v) is 3.60. The van der Waals surface area contributed by atoms with Gasteiger partial charge in [0.25, 0.3) is 0 Å². The van der Waals surface area contributed by atoms with Gasteiger partial charge < -0.3 is 21.3 Å². The van der Waals surface area contributed by atoms with E-state index in [2.05, 4.69) is 5.32 Å². The Balaban J connectivity index is 2.47. The Morgan fingerprint density at radius 2 is 2.17 bits per heavy atom. The van der Waals surface area contributed by atoms with Crippen LogP contribution in [0.5, 0.6) is 0 Å². The Morgan fingerprint density at radius 3 is 2.78 bits per heavy atom. The number of rotatable bonds is 5. The highest BCUT2D eigenvalue weighted by atomic mass is 16.4. The molecule has 0 saturated heterocycles. The number of amides is 1. The van der Waals surface area contributed by atoms with Crippen LogP contribution in [0.25, 0.3) is 6.08 Å². The zero-order valence-corrected chi connectivity index (χ0v) is 9.54. The average molecular weight is 250 g/mol. The Labute approximate surface area is 104 Å². The van der Waals surface area contributed by atoms with Gasteiger partial charge in [-0.2, -0.15) is 0 Å². The topological polar surface area (TPSA) is 113 Å². The molecule has 1 aromatic rings. The van der Waals surface area contributed by atoms with E-state index in [9.17, 15) is 9.59 Å². The van der Waals surface area contributed by atoms with Gasteiger partial charge in [-0.05, 0) is 23.8 Å². The molecule has 0 spiro atoms. The van der Waals surface area contributed by atoms with Crippen molar-refractivity contribution in [3.8, 4) is 0 Å². The summed E-state index contributed by atoms with van der Waals surface area (Å²) >= 11 is 0. The molecule has 0 heterocycles. The first-order valence-electron chi connectivity index (χ1n) is 5.21. The van der Waals surface area contributed by atoms with Crippen molar-refractivity contribution in [2.75, 3.05) is 12.3 Å². The lowest BCUT2D eigenvalue weighted by molar-refractivity contribution is -0.146. The van der Waals surface area contributed by atoms with Crippen molar-refractivity contribution in [2.24, 2.45) is 0 Å². The normalized spacial score (nSPS) is 12.3. The van der Waals surface area contributed by atoms with Crippen LogP contribution in [0.4, 0.5) is 5.69 Å². The van der Waals surface area contributed by atoms with Crippen LogP contribution in [-0.2, 0) is 9.59 Å². The molecule has 96 valence electrons. The standard InChI is InChI=1S/C12H14N2O4/c13-9-3-1-2-8(6-9)4-5-11(16)14-7-10(15)12(17)18/h1-6,10,15H,7,13H2,(H,14,16)(H,17,18)/b5-4+/t10-/m0/s1. The van der Waals surface area contributed by atoms with E-state index in [-0.39, 0.29) is 6.54 Å². The Kier molecular flexibility index (Phi) is 4.89. The molecule has 0 saturated carbocycles. The number of hydrogen-bond acceptors (Lipinski definition) is 4. The molecule has 0 aromatic heterocycles. The lowest BCUT2D eigenvalue weighted by atomic mass is 10.2. The molecule has 1 amide bonds. The van der Waals surface area contributed by atoms with Crippen LogP contribution in [0.15, 0.2) is 30.3 Å². The van der Waals surface area contributed by atoms with Gasteiger partial charge in [-0.1, -0.05) is 12.1 Å². The minimum absolute atomic E-state index is 0.338. The number of carboxylic acids is 1. The van der Waals surface area contributed by atoms with E-state index < -0.39 is 18.0 Å². The van der Waals surface area contributed by atoms with Crippen LogP contribution in [0, 0.1) is 0 Å². The SMILES string of the molecule is Nc1cccc(/C=C/C(=O)NC[C@H](O)C(=O)O)c1. The average Bonchev–Trinajstić information content (AvgIpc) is 2.33. The molecule has 6 nitrogen and oxygen atoms in total. The molecule has 1 aromatic carbocycles. The minimum Gasteiger partial charge on any atom is -0.479 e. The summed E-state index contributed by atoms with van der Waals surface area (Å²) in [4.78, 5) is 21.6. The summed E-state index contributed by atoms with van der Waals surface area (Å²) in [5.74, 6) is -1.87. The summed E-state index contributed by atoms with van der Waals surface area (Å²) in [6, 6.07) is 6.93. The summed E-state index contributed by atoms with van der Waals surface area (Å²) in [5.41, 5.74) is 6.90. The van der Waals surface area contributed by atoms with Gasteiger partial charge in [0.1, 0.15) is 0 Å². The largest absolute Gasteiger partial charge is 0.479 e. The Bertz CT molecular complexity index is 471. The zero-order chi connectivity index (χ0) is 13.5. The zero-order valence-electron chi connectivity index (χ0n) is 9.54. The van der Waals surface area contributed by atoms with E-state index in [0.717, 1.165) is 5.56 Å².